The number of sulfonamides is 1. The lowest BCUT2D eigenvalue weighted by Gasteiger charge is -2.26. The molecule has 3 aromatic rings. The minimum absolute atomic E-state index is 0.0865. The van der Waals surface area contributed by atoms with Crippen molar-refractivity contribution in [2.45, 2.75) is 51.2 Å². The van der Waals surface area contributed by atoms with E-state index in [4.69, 9.17) is 32.7 Å². The van der Waals surface area contributed by atoms with Crippen molar-refractivity contribution in [3.8, 4) is 5.75 Å². The number of methoxy groups -OCH3 is 1. The van der Waals surface area contributed by atoms with Crippen LogP contribution in [0.2, 0.25) is 10.0 Å². The highest BCUT2D eigenvalue weighted by Crippen LogP contribution is 2.34. The van der Waals surface area contributed by atoms with E-state index in [2.05, 4.69) is 9.71 Å². The summed E-state index contributed by atoms with van der Waals surface area (Å²) in [5, 5.41) is 1.10. The van der Waals surface area contributed by atoms with Crippen molar-refractivity contribution in [3.63, 3.8) is 0 Å². The summed E-state index contributed by atoms with van der Waals surface area (Å²) in [4.78, 5) is 16.5. The Kier molecular flexibility index (Phi) is 7.77. The van der Waals surface area contributed by atoms with Crippen molar-refractivity contribution in [3.05, 3.63) is 63.3 Å². The van der Waals surface area contributed by atoms with Gasteiger partial charge in [0.1, 0.15) is 28.3 Å². The zero-order valence-electron chi connectivity index (χ0n) is 19.5. The van der Waals surface area contributed by atoms with Gasteiger partial charge < -0.3 is 9.47 Å². The highest BCUT2D eigenvalue weighted by Gasteiger charge is 2.38. The Labute approximate surface area is 209 Å². The average molecular weight is 525 g/mol. The minimum atomic E-state index is -4.19. The molecule has 0 unspecified atom stereocenters. The van der Waals surface area contributed by atoms with Gasteiger partial charge in [-0.15, -0.1) is 0 Å². The van der Waals surface area contributed by atoms with Crippen molar-refractivity contribution in [1.82, 2.24) is 9.71 Å². The number of benzene rings is 2. The molecule has 0 fully saturated rings. The van der Waals surface area contributed by atoms with E-state index in [9.17, 15) is 13.2 Å². The van der Waals surface area contributed by atoms with Gasteiger partial charge in [0, 0.05) is 21.7 Å². The Hall–Kier alpha value is -2.39. The molecule has 1 atom stereocenters. The smallest absolute Gasteiger partial charge is 0.326 e. The maximum atomic E-state index is 13.1. The fourth-order valence-corrected chi connectivity index (χ4v) is 5.89. The Bertz CT molecular complexity index is 1360. The van der Waals surface area contributed by atoms with E-state index in [1.165, 1.54) is 26.2 Å². The number of rotatable bonds is 8. The van der Waals surface area contributed by atoms with Crippen LogP contribution in [0, 0.1) is 13.8 Å². The van der Waals surface area contributed by atoms with E-state index >= 15 is 0 Å². The summed E-state index contributed by atoms with van der Waals surface area (Å²) in [5.74, 6) is -0.187. The van der Waals surface area contributed by atoms with E-state index in [1.54, 1.807) is 13.0 Å². The zero-order chi connectivity index (χ0) is 25.3. The largest absolute Gasteiger partial charge is 0.487 e. The number of hydrogen-bond donors (Lipinski definition) is 1. The standard InChI is InChI=1S/C24H26Cl2N2O5S/c1-6-24(4,23(29)32-5)28-34(30,31)20-11-10-18(25)17(21(20)26)13-33-19-9-7-8-16-14(2)12-15(3)27-22(16)19/h7-12,28H,6,13H2,1-5H3/t24-/m0/s1. The molecule has 7 nitrogen and oxygen atoms in total. The van der Waals surface area contributed by atoms with Crippen LogP contribution in [-0.2, 0) is 26.2 Å². The molecule has 0 saturated heterocycles. The van der Waals surface area contributed by atoms with Gasteiger partial charge in [-0.3, -0.25) is 4.79 Å². The lowest BCUT2D eigenvalue weighted by atomic mass is 10.0. The van der Waals surface area contributed by atoms with E-state index in [0.29, 0.717) is 16.8 Å². The minimum Gasteiger partial charge on any atom is -0.487 e. The Morgan fingerprint density at radius 2 is 1.88 bits per heavy atom. The van der Waals surface area contributed by atoms with Gasteiger partial charge in [-0.25, -0.2) is 13.4 Å². The predicted octanol–water partition coefficient (Wildman–Crippen LogP) is 5.36. The van der Waals surface area contributed by atoms with E-state index in [-0.39, 0.29) is 28.0 Å². The molecule has 0 bridgehead atoms. The fourth-order valence-electron chi connectivity index (χ4n) is 3.57. The number of ether oxygens (including phenoxy) is 2. The molecule has 1 heterocycles. The average Bonchev–Trinajstić information content (AvgIpc) is 2.77. The third-order valence-electron chi connectivity index (χ3n) is 5.65. The monoisotopic (exact) mass is 524 g/mol. The summed E-state index contributed by atoms with van der Waals surface area (Å²) in [6.07, 6.45) is 0.174. The Balaban J connectivity index is 1.97. The molecule has 1 aromatic heterocycles. The normalized spacial score (nSPS) is 13.5. The summed E-state index contributed by atoms with van der Waals surface area (Å²) in [6.45, 7) is 6.92. The molecule has 1 N–H and O–H groups in total. The maximum absolute atomic E-state index is 13.1. The van der Waals surface area contributed by atoms with Crippen LogP contribution in [0.1, 0.15) is 37.1 Å². The van der Waals surface area contributed by atoms with Gasteiger partial charge in [0.05, 0.1) is 12.1 Å². The third kappa shape index (κ3) is 5.15. The lowest BCUT2D eigenvalue weighted by molar-refractivity contribution is -0.147. The number of aromatic nitrogens is 1. The molecule has 0 aliphatic heterocycles. The van der Waals surface area contributed by atoms with Crippen LogP contribution in [0.5, 0.6) is 5.75 Å². The predicted molar refractivity (Wildman–Crippen MR) is 133 cm³/mol. The summed E-state index contributed by atoms with van der Waals surface area (Å²) in [5.41, 5.74) is 1.43. The first-order chi connectivity index (χ1) is 15.9. The van der Waals surface area contributed by atoms with Crippen molar-refractivity contribution in [2.75, 3.05) is 7.11 Å². The highest BCUT2D eigenvalue weighted by molar-refractivity contribution is 7.89. The summed E-state index contributed by atoms with van der Waals surface area (Å²) in [6, 6.07) is 10.3. The van der Waals surface area contributed by atoms with Crippen molar-refractivity contribution in [2.24, 2.45) is 0 Å². The molecule has 0 amide bonds. The number of nitrogens with zero attached hydrogens (tertiary/aromatic N) is 1. The number of nitrogens with one attached hydrogen (secondary N) is 1. The van der Waals surface area contributed by atoms with Gasteiger partial charge in [0.25, 0.3) is 0 Å². The molecule has 10 heteroatoms. The molecule has 0 aliphatic rings. The van der Waals surface area contributed by atoms with Gasteiger partial charge in [-0.05, 0) is 57.0 Å². The number of aryl methyl sites for hydroxylation is 2. The van der Waals surface area contributed by atoms with Crippen molar-refractivity contribution >= 4 is 50.1 Å². The Morgan fingerprint density at radius 3 is 2.53 bits per heavy atom. The first-order valence-corrected chi connectivity index (χ1v) is 12.8. The van der Waals surface area contributed by atoms with Crippen molar-refractivity contribution in [1.29, 1.82) is 0 Å². The molecule has 34 heavy (non-hydrogen) atoms. The second-order valence-corrected chi connectivity index (χ2v) is 10.6. The lowest BCUT2D eigenvalue weighted by Crippen LogP contribution is -2.52. The van der Waals surface area contributed by atoms with Gasteiger partial charge >= 0.3 is 5.97 Å². The first kappa shape index (κ1) is 26.2. The van der Waals surface area contributed by atoms with E-state index < -0.39 is 21.5 Å². The number of para-hydroxylation sites is 1. The van der Waals surface area contributed by atoms with Gasteiger partial charge in [0.15, 0.2) is 0 Å². The molecule has 0 aliphatic carbocycles. The SMILES string of the molecule is CC[C@](C)(NS(=O)(=O)c1ccc(Cl)c(COc2cccc3c(C)cc(C)nc23)c1Cl)C(=O)OC. The van der Waals surface area contributed by atoms with Crippen LogP contribution in [0.25, 0.3) is 10.9 Å². The Morgan fingerprint density at radius 1 is 1.18 bits per heavy atom. The maximum Gasteiger partial charge on any atom is 0.326 e. The number of carbonyl (C=O) groups excluding carboxylic acids is 1. The van der Waals surface area contributed by atoms with Crippen LogP contribution < -0.4 is 9.46 Å². The second kappa shape index (κ2) is 10.1. The summed E-state index contributed by atoms with van der Waals surface area (Å²) in [7, 11) is -3.00. The second-order valence-electron chi connectivity index (χ2n) is 8.14. The molecule has 3 rings (SSSR count). The molecule has 0 radical (unpaired) electrons. The quantitative estimate of drug-likeness (QED) is 0.398. The topological polar surface area (TPSA) is 94.6 Å². The highest BCUT2D eigenvalue weighted by atomic mass is 35.5. The van der Waals surface area contributed by atoms with Gasteiger partial charge in [-0.2, -0.15) is 4.72 Å². The first-order valence-electron chi connectivity index (χ1n) is 10.5. The third-order valence-corrected chi connectivity index (χ3v) is 8.19. The number of halogens is 2. The molecule has 182 valence electrons. The number of fused-ring (bicyclic) bond motifs is 1. The van der Waals surface area contributed by atoms with Crippen LogP contribution in [0.4, 0.5) is 0 Å². The van der Waals surface area contributed by atoms with Crippen molar-refractivity contribution < 1.29 is 22.7 Å². The van der Waals surface area contributed by atoms with E-state index in [0.717, 1.165) is 16.6 Å². The van der Waals surface area contributed by atoms with Crippen LogP contribution in [0.15, 0.2) is 41.3 Å². The van der Waals surface area contributed by atoms with Gasteiger partial charge in [0.2, 0.25) is 10.0 Å². The molecular weight excluding hydrogens is 499 g/mol. The molecule has 0 spiro atoms. The summed E-state index contributed by atoms with van der Waals surface area (Å²) < 4.78 is 39.4. The number of esters is 1. The van der Waals surface area contributed by atoms with Crippen LogP contribution in [0.3, 0.4) is 0 Å². The molecule has 0 saturated carbocycles. The molecule has 2 aromatic carbocycles. The molecular formula is C24H26Cl2N2O5S. The van der Waals surface area contributed by atoms with Crippen LogP contribution >= 0.6 is 23.2 Å². The zero-order valence-corrected chi connectivity index (χ0v) is 21.9. The van der Waals surface area contributed by atoms with Crippen LogP contribution in [-0.4, -0.2) is 32.0 Å². The fraction of sp³-hybridized carbons (Fsp3) is 0.333. The summed E-state index contributed by atoms with van der Waals surface area (Å²) >= 11 is 12.9. The van der Waals surface area contributed by atoms with E-state index in [1.807, 2.05) is 32.0 Å². The number of carbonyl (C=O) groups is 1. The van der Waals surface area contributed by atoms with Gasteiger partial charge in [-0.1, -0.05) is 42.3 Å². The number of hydrogen-bond acceptors (Lipinski definition) is 6. The number of pyridine rings is 1.